The van der Waals surface area contributed by atoms with Crippen LogP contribution in [-0.2, 0) is 0 Å². The smallest absolute Gasteiger partial charge is 0.122 e. The van der Waals surface area contributed by atoms with Crippen molar-refractivity contribution in [2.45, 2.75) is 26.3 Å². The van der Waals surface area contributed by atoms with Crippen molar-refractivity contribution in [1.82, 2.24) is 4.90 Å². The first-order valence-electron chi connectivity index (χ1n) is 4.64. The molecule has 72 valence electrons. The summed E-state index contributed by atoms with van der Waals surface area (Å²) in [6.45, 7) is 9.97. The van der Waals surface area contributed by atoms with Gasteiger partial charge >= 0.3 is 0 Å². The zero-order valence-corrected chi connectivity index (χ0v) is 8.67. The van der Waals surface area contributed by atoms with E-state index >= 15 is 0 Å². The zero-order valence-electron chi connectivity index (χ0n) is 8.67. The van der Waals surface area contributed by atoms with Crippen LogP contribution in [0.2, 0.25) is 0 Å². The van der Waals surface area contributed by atoms with E-state index in [2.05, 4.69) is 32.7 Å². The van der Waals surface area contributed by atoms with Crippen LogP contribution in [-0.4, -0.2) is 53.5 Å². The highest BCUT2D eigenvalue weighted by Gasteiger charge is 2.41. The minimum atomic E-state index is -0.0404. The average Bonchev–Trinajstić information content (AvgIpc) is 1.93. The number of hydrogen-bond acceptors (Lipinski definition) is 2. The van der Waals surface area contributed by atoms with E-state index in [1.165, 1.54) is 0 Å². The summed E-state index contributed by atoms with van der Waals surface area (Å²) in [5, 5.41) is 10.2. The van der Waals surface area contributed by atoms with E-state index in [0.717, 1.165) is 26.2 Å². The molecule has 0 saturated carbocycles. The lowest BCUT2D eigenvalue weighted by Crippen LogP contribution is -2.65. The Morgan fingerprint density at radius 3 is 1.92 bits per heavy atom. The Labute approximate surface area is 75.1 Å². The number of hydrogen-bond donors (Lipinski definition) is 1. The molecule has 1 aliphatic rings. The van der Waals surface area contributed by atoms with Gasteiger partial charge in [0.25, 0.3) is 0 Å². The molecule has 0 aromatic heterocycles. The standard InChI is InChI=1S/C9H21N2O/c1-9(2,3)11(12)7-5-10(4)6-8-11/h12H,5-8H2,1-4H3/q+1. The summed E-state index contributed by atoms with van der Waals surface area (Å²) in [4.78, 5) is 2.26. The molecule has 1 heterocycles. The lowest BCUT2D eigenvalue weighted by atomic mass is 10.0. The minimum absolute atomic E-state index is 0.0404. The minimum Gasteiger partial charge on any atom is -0.295 e. The van der Waals surface area contributed by atoms with Crippen LogP contribution in [0.1, 0.15) is 20.8 Å². The van der Waals surface area contributed by atoms with Crippen molar-refractivity contribution in [1.29, 1.82) is 0 Å². The van der Waals surface area contributed by atoms with Crippen LogP contribution in [0.25, 0.3) is 0 Å². The summed E-state index contributed by atoms with van der Waals surface area (Å²) >= 11 is 0. The molecule has 0 aromatic rings. The van der Waals surface area contributed by atoms with Gasteiger partial charge in [-0.15, -0.1) is 0 Å². The van der Waals surface area contributed by atoms with Gasteiger partial charge in [0.2, 0.25) is 0 Å². The summed E-state index contributed by atoms with van der Waals surface area (Å²) in [6, 6.07) is 0. The van der Waals surface area contributed by atoms with Crippen LogP contribution in [0.15, 0.2) is 0 Å². The molecule has 0 spiro atoms. The molecule has 0 atom stereocenters. The number of piperazine rings is 1. The summed E-state index contributed by atoms with van der Waals surface area (Å²) in [7, 11) is 2.10. The molecule has 0 amide bonds. The van der Waals surface area contributed by atoms with Crippen molar-refractivity contribution in [3.05, 3.63) is 0 Å². The first-order chi connectivity index (χ1) is 5.35. The van der Waals surface area contributed by atoms with Crippen LogP contribution in [0.5, 0.6) is 0 Å². The maximum atomic E-state index is 10.2. The normalized spacial score (nSPS) is 25.8. The molecule has 0 bridgehead atoms. The van der Waals surface area contributed by atoms with Gasteiger partial charge in [-0.2, -0.15) is 4.65 Å². The van der Waals surface area contributed by atoms with Gasteiger partial charge in [0.1, 0.15) is 18.6 Å². The summed E-state index contributed by atoms with van der Waals surface area (Å²) in [6.07, 6.45) is 0. The van der Waals surface area contributed by atoms with Crippen molar-refractivity contribution in [2.75, 3.05) is 33.2 Å². The third-order valence-electron chi connectivity index (χ3n) is 2.95. The first-order valence-corrected chi connectivity index (χ1v) is 4.64. The van der Waals surface area contributed by atoms with Crippen molar-refractivity contribution >= 4 is 0 Å². The summed E-state index contributed by atoms with van der Waals surface area (Å²) in [5.74, 6) is 0. The number of nitrogens with zero attached hydrogens (tertiary/aromatic N) is 2. The van der Waals surface area contributed by atoms with Crippen LogP contribution in [0.4, 0.5) is 0 Å². The van der Waals surface area contributed by atoms with Gasteiger partial charge in [0.05, 0.1) is 13.1 Å². The van der Waals surface area contributed by atoms with Gasteiger partial charge in [-0.3, -0.25) is 4.90 Å². The second-order valence-corrected chi connectivity index (χ2v) is 4.84. The fourth-order valence-electron chi connectivity index (χ4n) is 1.57. The number of quaternary nitrogens is 1. The van der Waals surface area contributed by atoms with E-state index in [1.54, 1.807) is 0 Å². The monoisotopic (exact) mass is 173 g/mol. The third kappa shape index (κ3) is 1.79. The molecular weight excluding hydrogens is 152 g/mol. The van der Waals surface area contributed by atoms with Crippen LogP contribution >= 0.6 is 0 Å². The van der Waals surface area contributed by atoms with Crippen LogP contribution in [0, 0.1) is 0 Å². The fraction of sp³-hybridized carbons (Fsp3) is 1.00. The largest absolute Gasteiger partial charge is 0.295 e. The number of hydroxylamine groups is 3. The van der Waals surface area contributed by atoms with Gasteiger partial charge in [0, 0.05) is 0 Å². The van der Waals surface area contributed by atoms with Crippen molar-refractivity contribution in [2.24, 2.45) is 0 Å². The Bertz CT molecular complexity index is 154. The maximum absolute atomic E-state index is 10.2. The predicted octanol–water partition coefficient (Wildman–Crippen LogP) is 0.936. The molecule has 1 aliphatic heterocycles. The predicted molar refractivity (Wildman–Crippen MR) is 49.0 cm³/mol. The molecule has 0 aromatic carbocycles. The highest BCUT2D eigenvalue weighted by Crippen LogP contribution is 2.23. The molecule has 1 fully saturated rings. The maximum Gasteiger partial charge on any atom is 0.122 e. The Kier molecular flexibility index (Phi) is 2.47. The summed E-state index contributed by atoms with van der Waals surface area (Å²) in [5.41, 5.74) is -0.0404. The second kappa shape index (κ2) is 2.98. The fourth-order valence-corrected chi connectivity index (χ4v) is 1.57. The van der Waals surface area contributed by atoms with E-state index in [9.17, 15) is 5.21 Å². The van der Waals surface area contributed by atoms with Gasteiger partial charge < -0.3 is 0 Å². The Balaban J connectivity index is 2.62. The molecule has 0 radical (unpaired) electrons. The third-order valence-corrected chi connectivity index (χ3v) is 2.95. The van der Waals surface area contributed by atoms with E-state index in [-0.39, 0.29) is 10.2 Å². The zero-order chi connectivity index (χ0) is 9.41. The van der Waals surface area contributed by atoms with Crippen molar-refractivity contribution in [3.8, 4) is 0 Å². The molecule has 3 nitrogen and oxygen atoms in total. The molecule has 1 rings (SSSR count). The van der Waals surface area contributed by atoms with Gasteiger partial charge in [-0.05, 0) is 27.8 Å². The molecule has 3 heteroatoms. The molecular formula is C9H21N2O+. The second-order valence-electron chi connectivity index (χ2n) is 4.84. The van der Waals surface area contributed by atoms with E-state index in [4.69, 9.17) is 0 Å². The molecule has 1 saturated heterocycles. The molecule has 1 N–H and O–H groups in total. The Hall–Kier alpha value is -0.120. The van der Waals surface area contributed by atoms with Crippen molar-refractivity contribution in [3.63, 3.8) is 0 Å². The highest BCUT2D eigenvalue weighted by molar-refractivity contribution is 4.65. The average molecular weight is 173 g/mol. The van der Waals surface area contributed by atoms with Gasteiger partial charge in [0.15, 0.2) is 0 Å². The van der Waals surface area contributed by atoms with Gasteiger partial charge in [-0.25, -0.2) is 5.21 Å². The van der Waals surface area contributed by atoms with Crippen LogP contribution in [0.3, 0.4) is 0 Å². The first kappa shape index (κ1) is 9.96. The number of likely N-dealkylation sites (N-methyl/N-ethyl adjacent to an activating group) is 1. The van der Waals surface area contributed by atoms with Crippen molar-refractivity contribution < 1.29 is 9.85 Å². The highest BCUT2D eigenvalue weighted by atomic mass is 16.6. The van der Waals surface area contributed by atoms with E-state index in [0.29, 0.717) is 0 Å². The van der Waals surface area contributed by atoms with Crippen LogP contribution < -0.4 is 0 Å². The molecule has 0 unspecified atom stereocenters. The molecule has 0 aliphatic carbocycles. The number of rotatable bonds is 0. The lowest BCUT2D eigenvalue weighted by Gasteiger charge is -2.45. The lowest BCUT2D eigenvalue weighted by molar-refractivity contribution is -1.14. The topological polar surface area (TPSA) is 23.5 Å². The quantitative estimate of drug-likeness (QED) is 0.551. The SMILES string of the molecule is CN1CC[N+](O)(C(C)(C)C)CC1. The summed E-state index contributed by atoms with van der Waals surface area (Å²) < 4.78 is 0.220. The Morgan fingerprint density at radius 2 is 1.58 bits per heavy atom. The Morgan fingerprint density at radius 1 is 1.17 bits per heavy atom. The van der Waals surface area contributed by atoms with E-state index < -0.39 is 0 Å². The van der Waals surface area contributed by atoms with E-state index in [1.807, 2.05) is 0 Å². The molecule has 12 heavy (non-hydrogen) atoms. The van der Waals surface area contributed by atoms with Gasteiger partial charge in [-0.1, -0.05) is 0 Å².